The number of nitrogens with one attached hydrogen (secondary N) is 1. The van der Waals surface area contributed by atoms with E-state index < -0.39 is 24.6 Å². The van der Waals surface area contributed by atoms with Crippen molar-refractivity contribution in [2.75, 3.05) is 13.7 Å². The zero-order valence-corrected chi connectivity index (χ0v) is 7.93. The van der Waals surface area contributed by atoms with E-state index in [4.69, 9.17) is 10.2 Å². The fourth-order valence-electron chi connectivity index (χ4n) is 1.06. The van der Waals surface area contributed by atoms with Crippen LogP contribution in [0.1, 0.15) is 12.8 Å². The number of rotatable bonds is 4. The van der Waals surface area contributed by atoms with Crippen LogP contribution >= 0.6 is 0 Å². The Bertz CT molecular complexity index is 239. The van der Waals surface area contributed by atoms with Crippen molar-refractivity contribution in [2.45, 2.75) is 24.9 Å². The van der Waals surface area contributed by atoms with Crippen LogP contribution in [-0.2, 0) is 4.79 Å². The highest BCUT2D eigenvalue weighted by molar-refractivity contribution is 5.82. The van der Waals surface area contributed by atoms with Crippen LogP contribution < -0.4 is 5.32 Å². The number of carbonyl (C=O) groups excluding carboxylic acids is 1. The minimum absolute atomic E-state index is 0.225. The van der Waals surface area contributed by atoms with Gasteiger partial charge in [-0.3, -0.25) is 0 Å². The number of hydrogen-bond donors (Lipinski definition) is 3. The Morgan fingerprint density at radius 1 is 1.57 bits per heavy atom. The normalized spacial score (nSPS) is 17.3. The second kappa shape index (κ2) is 4.28. The number of carboxylic acid groups (broad SMARTS) is 1. The second-order valence-corrected chi connectivity index (χ2v) is 3.36. The fourth-order valence-corrected chi connectivity index (χ4v) is 1.06. The van der Waals surface area contributed by atoms with E-state index in [2.05, 4.69) is 5.32 Å². The molecule has 6 nitrogen and oxygen atoms in total. The Balaban J connectivity index is 2.40. The van der Waals surface area contributed by atoms with Gasteiger partial charge in [0.15, 0.2) is 6.04 Å². The van der Waals surface area contributed by atoms with Crippen LogP contribution in [0.3, 0.4) is 0 Å². The first kappa shape index (κ1) is 10.8. The predicted octanol–water partition coefficient (Wildman–Crippen LogP) is -0.764. The topological polar surface area (TPSA) is 89.9 Å². The standard InChI is InChI=1S/C8H14N2O4/c1-10(5-2-3-5)8(14)9-6(4-11)7(12)13/h5-6,11H,2-4H2,1H3,(H,9,14)(H,12,13). The molecule has 14 heavy (non-hydrogen) atoms. The molecule has 1 rings (SSSR count). The van der Waals surface area contributed by atoms with Crippen molar-refractivity contribution in [1.29, 1.82) is 0 Å². The fraction of sp³-hybridized carbons (Fsp3) is 0.750. The van der Waals surface area contributed by atoms with Gasteiger partial charge in [-0.05, 0) is 12.8 Å². The molecule has 0 aromatic rings. The number of amides is 2. The predicted molar refractivity (Wildman–Crippen MR) is 47.8 cm³/mol. The molecule has 1 atom stereocenters. The lowest BCUT2D eigenvalue weighted by molar-refractivity contribution is -0.140. The zero-order chi connectivity index (χ0) is 10.7. The maximum atomic E-state index is 11.3. The number of carbonyl (C=O) groups is 2. The minimum Gasteiger partial charge on any atom is -0.480 e. The zero-order valence-electron chi connectivity index (χ0n) is 7.93. The van der Waals surface area contributed by atoms with Gasteiger partial charge in [-0.25, -0.2) is 9.59 Å². The number of aliphatic hydroxyl groups excluding tert-OH is 1. The molecule has 1 saturated carbocycles. The molecule has 3 N–H and O–H groups in total. The number of hydrogen-bond acceptors (Lipinski definition) is 3. The molecule has 1 fully saturated rings. The van der Waals surface area contributed by atoms with Crippen molar-refractivity contribution in [3.63, 3.8) is 0 Å². The number of nitrogens with zero attached hydrogens (tertiary/aromatic N) is 1. The average Bonchev–Trinajstić information content (AvgIpc) is 2.95. The third-order valence-corrected chi connectivity index (χ3v) is 2.19. The Labute approximate surface area is 81.5 Å². The van der Waals surface area contributed by atoms with Gasteiger partial charge in [0.2, 0.25) is 0 Å². The van der Waals surface area contributed by atoms with E-state index in [-0.39, 0.29) is 6.04 Å². The van der Waals surface area contributed by atoms with E-state index in [9.17, 15) is 9.59 Å². The van der Waals surface area contributed by atoms with Crippen molar-refractivity contribution < 1.29 is 19.8 Å². The Hall–Kier alpha value is -1.30. The number of aliphatic carboxylic acids is 1. The van der Waals surface area contributed by atoms with Crippen LogP contribution in [0.4, 0.5) is 4.79 Å². The third kappa shape index (κ3) is 2.59. The average molecular weight is 202 g/mol. The molecule has 0 aromatic carbocycles. The lowest BCUT2D eigenvalue weighted by Crippen LogP contribution is -2.49. The first-order valence-corrected chi connectivity index (χ1v) is 4.43. The lowest BCUT2D eigenvalue weighted by Gasteiger charge is -2.19. The lowest BCUT2D eigenvalue weighted by atomic mass is 10.3. The molecule has 80 valence electrons. The summed E-state index contributed by atoms with van der Waals surface area (Å²) in [6.45, 7) is -0.598. The van der Waals surface area contributed by atoms with E-state index in [1.165, 1.54) is 4.90 Å². The Kier molecular flexibility index (Phi) is 3.29. The summed E-state index contributed by atoms with van der Waals surface area (Å²) >= 11 is 0. The quantitative estimate of drug-likeness (QED) is 0.558. The Morgan fingerprint density at radius 3 is 2.50 bits per heavy atom. The summed E-state index contributed by atoms with van der Waals surface area (Å²) in [5.41, 5.74) is 0. The summed E-state index contributed by atoms with van der Waals surface area (Å²) in [4.78, 5) is 23.3. The van der Waals surface area contributed by atoms with Crippen LogP contribution in [0, 0.1) is 0 Å². The van der Waals surface area contributed by atoms with E-state index in [1.807, 2.05) is 0 Å². The highest BCUT2D eigenvalue weighted by Crippen LogP contribution is 2.25. The van der Waals surface area contributed by atoms with Crippen molar-refractivity contribution in [3.8, 4) is 0 Å². The monoisotopic (exact) mass is 202 g/mol. The molecule has 0 radical (unpaired) electrons. The molecule has 2 amide bonds. The maximum Gasteiger partial charge on any atom is 0.328 e. The number of carboxylic acids is 1. The number of urea groups is 1. The highest BCUT2D eigenvalue weighted by Gasteiger charge is 2.31. The van der Waals surface area contributed by atoms with E-state index in [1.54, 1.807) is 7.05 Å². The maximum absolute atomic E-state index is 11.3. The Morgan fingerprint density at radius 2 is 2.14 bits per heavy atom. The molecule has 0 aliphatic heterocycles. The van der Waals surface area contributed by atoms with E-state index in [0.717, 1.165) is 12.8 Å². The van der Waals surface area contributed by atoms with Crippen molar-refractivity contribution >= 4 is 12.0 Å². The van der Waals surface area contributed by atoms with Crippen LogP contribution in [0.2, 0.25) is 0 Å². The van der Waals surface area contributed by atoms with Gasteiger partial charge >= 0.3 is 12.0 Å². The summed E-state index contributed by atoms with van der Waals surface area (Å²) in [5.74, 6) is -1.23. The molecule has 0 aromatic heterocycles. The molecule has 6 heteroatoms. The van der Waals surface area contributed by atoms with Gasteiger partial charge < -0.3 is 20.4 Å². The molecule has 0 heterocycles. The number of aliphatic hydroxyl groups is 1. The summed E-state index contributed by atoms with van der Waals surface area (Å²) < 4.78 is 0. The largest absolute Gasteiger partial charge is 0.480 e. The van der Waals surface area contributed by atoms with Crippen LogP contribution in [0.15, 0.2) is 0 Å². The SMILES string of the molecule is CN(C(=O)NC(CO)C(=O)O)C1CC1. The summed E-state index contributed by atoms with van der Waals surface area (Å²) in [6.07, 6.45) is 1.92. The first-order valence-electron chi connectivity index (χ1n) is 4.43. The van der Waals surface area contributed by atoms with Crippen LogP contribution in [-0.4, -0.2) is 52.9 Å². The van der Waals surface area contributed by atoms with Gasteiger partial charge in [-0.1, -0.05) is 0 Å². The van der Waals surface area contributed by atoms with Crippen molar-refractivity contribution in [3.05, 3.63) is 0 Å². The molecular formula is C8H14N2O4. The van der Waals surface area contributed by atoms with Crippen LogP contribution in [0.25, 0.3) is 0 Å². The smallest absolute Gasteiger partial charge is 0.328 e. The first-order chi connectivity index (χ1) is 6.56. The summed E-state index contributed by atoms with van der Waals surface area (Å²) in [5, 5.41) is 19.5. The van der Waals surface area contributed by atoms with Crippen molar-refractivity contribution in [1.82, 2.24) is 10.2 Å². The second-order valence-electron chi connectivity index (χ2n) is 3.36. The molecule has 0 bridgehead atoms. The van der Waals surface area contributed by atoms with Gasteiger partial charge in [0.1, 0.15) is 0 Å². The van der Waals surface area contributed by atoms with Gasteiger partial charge in [-0.15, -0.1) is 0 Å². The third-order valence-electron chi connectivity index (χ3n) is 2.19. The van der Waals surface area contributed by atoms with Gasteiger partial charge in [0, 0.05) is 13.1 Å². The summed E-state index contributed by atoms with van der Waals surface area (Å²) in [7, 11) is 1.61. The highest BCUT2D eigenvalue weighted by atomic mass is 16.4. The van der Waals surface area contributed by atoms with Crippen molar-refractivity contribution in [2.24, 2.45) is 0 Å². The van der Waals surface area contributed by atoms with Gasteiger partial charge in [-0.2, -0.15) is 0 Å². The molecule has 1 aliphatic carbocycles. The molecule has 0 saturated heterocycles. The van der Waals surface area contributed by atoms with Gasteiger partial charge in [0.05, 0.1) is 6.61 Å². The van der Waals surface area contributed by atoms with E-state index in [0.29, 0.717) is 0 Å². The molecule has 0 spiro atoms. The minimum atomic E-state index is -1.23. The molecule has 1 aliphatic rings. The molecular weight excluding hydrogens is 188 g/mol. The van der Waals surface area contributed by atoms with E-state index >= 15 is 0 Å². The molecule has 1 unspecified atom stereocenters. The van der Waals surface area contributed by atoms with Crippen LogP contribution in [0.5, 0.6) is 0 Å². The summed E-state index contributed by atoms with van der Waals surface area (Å²) in [6, 6.07) is -1.44. The van der Waals surface area contributed by atoms with Gasteiger partial charge in [0.25, 0.3) is 0 Å².